The van der Waals surface area contributed by atoms with E-state index in [0.717, 1.165) is 50.9 Å². The molecule has 2 aliphatic heterocycles. The Labute approximate surface area is 214 Å². The zero-order valence-corrected chi connectivity index (χ0v) is 21.8. The molecule has 1 aromatic carbocycles. The van der Waals surface area contributed by atoms with Crippen molar-refractivity contribution in [3.05, 3.63) is 65.9 Å². The first-order valence-electron chi connectivity index (χ1n) is 13.1. The summed E-state index contributed by atoms with van der Waals surface area (Å²) in [6.07, 6.45) is 14.5. The van der Waals surface area contributed by atoms with E-state index < -0.39 is 0 Å². The smallest absolute Gasteiger partial charge is 0.409 e. The molecular formula is C29H38N4O3. The number of rotatable bonds is 6. The molecule has 192 valence electrons. The molecule has 0 bridgehead atoms. The van der Waals surface area contributed by atoms with Crippen LogP contribution in [0.5, 0.6) is 5.75 Å². The molecule has 1 aliphatic carbocycles. The lowest BCUT2D eigenvalue weighted by atomic mass is 9.86. The molecule has 36 heavy (non-hydrogen) atoms. The molecule has 3 heterocycles. The van der Waals surface area contributed by atoms with Crippen molar-refractivity contribution in [2.45, 2.75) is 65.0 Å². The van der Waals surface area contributed by atoms with E-state index in [9.17, 15) is 4.79 Å². The van der Waals surface area contributed by atoms with E-state index in [1.54, 1.807) is 0 Å². The van der Waals surface area contributed by atoms with Crippen LogP contribution in [-0.4, -0.2) is 52.4 Å². The summed E-state index contributed by atoms with van der Waals surface area (Å²) in [4.78, 5) is 18.4. The van der Waals surface area contributed by atoms with Crippen molar-refractivity contribution in [1.29, 1.82) is 0 Å². The van der Waals surface area contributed by atoms with Crippen LogP contribution in [0, 0.1) is 5.41 Å². The Morgan fingerprint density at radius 1 is 1.19 bits per heavy atom. The van der Waals surface area contributed by atoms with Gasteiger partial charge in [0, 0.05) is 63.5 Å². The molecule has 7 nitrogen and oxygen atoms in total. The molecule has 0 saturated carbocycles. The van der Waals surface area contributed by atoms with Crippen molar-refractivity contribution in [3.8, 4) is 5.75 Å². The molecule has 3 aliphatic rings. The summed E-state index contributed by atoms with van der Waals surface area (Å²) >= 11 is 0. The van der Waals surface area contributed by atoms with Gasteiger partial charge in [0.25, 0.3) is 0 Å². The number of nitrogens with one attached hydrogen (secondary N) is 1. The third kappa shape index (κ3) is 5.77. The highest BCUT2D eigenvalue weighted by Gasteiger charge is 2.43. The highest BCUT2D eigenvalue weighted by Crippen LogP contribution is 2.42. The number of hydrogen-bond donors (Lipinski definition) is 1. The number of likely N-dealkylation sites (tertiary alicyclic amines) is 1. The van der Waals surface area contributed by atoms with Gasteiger partial charge in [-0.1, -0.05) is 32.9 Å². The molecule has 5 rings (SSSR count). The van der Waals surface area contributed by atoms with Crippen molar-refractivity contribution in [1.82, 2.24) is 19.8 Å². The standard InChI is InChI=1S/C29H38N4O3/c1-28(2,3)20-35-27(34)33-14-10-29(11-15-33)19-24-18-23(6-9-26(24)36-29)22-4-7-25(8-5-22)31-13-17-32-16-12-30-21-32/h4,6-7,9,12,16,18,21,31H,5,8,10-11,13-15,17,19-20H2,1-3H3. The predicted molar refractivity (Wildman–Crippen MR) is 141 cm³/mol. The van der Waals surface area contributed by atoms with Gasteiger partial charge in [0.05, 0.1) is 12.9 Å². The second-order valence-electron chi connectivity index (χ2n) is 11.5. The van der Waals surface area contributed by atoms with E-state index in [1.807, 2.05) is 23.6 Å². The Bertz CT molecular complexity index is 1140. The average Bonchev–Trinajstić information content (AvgIpc) is 3.50. The number of allylic oxidation sites excluding steroid dienone is 4. The summed E-state index contributed by atoms with van der Waals surface area (Å²) in [5.74, 6) is 0.997. The van der Waals surface area contributed by atoms with Crippen molar-refractivity contribution < 1.29 is 14.3 Å². The third-order valence-corrected chi connectivity index (χ3v) is 7.26. The van der Waals surface area contributed by atoms with Gasteiger partial charge in [0.15, 0.2) is 0 Å². The minimum absolute atomic E-state index is 0.0247. The van der Waals surface area contributed by atoms with Gasteiger partial charge in [-0.25, -0.2) is 9.78 Å². The van der Waals surface area contributed by atoms with Crippen LogP contribution in [0.4, 0.5) is 4.79 Å². The highest BCUT2D eigenvalue weighted by atomic mass is 16.6. The Balaban J connectivity index is 1.15. The summed E-state index contributed by atoms with van der Waals surface area (Å²) in [5, 5.41) is 3.55. The van der Waals surface area contributed by atoms with E-state index in [2.05, 4.69) is 66.0 Å². The summed E-state index contributed by atoms with van der Waals surface area (Å²) in [5.41, 5.74) is 5.00. The number of benzene rings is 1. The molecule has 1 aromatic heterocycles. The van der Waals surface area contributed by atoms with Crippen LogP contribution in [0.25, 0.3) is 5.57 Å². The topological polar surface area (TPSA) is 68.6 Å². The summed E-state index contributed by atoms with van der Waals surface area (Å²) in [6.45, 7) is 9.82. The van der Waals surface area contributed by atoms with Gasteiger partial charge in [-0.3, -0.25) is 0 Å². The Kier molecular flexibility index (Phi) is 6.82. The monoisotopic (exact) mass is 490 g/mol. The quantitative estimate of drug-likeness (QED) is 0.604. The van der Waals surface area contributed by atoms with Crippen LogP contribution < -0.4 is 10.1 Å². The molecule has 2 aromatic rings. The number of carbonyl (C=O) groups is 1. The second-order valence-corrected chi connectivity index (χ2v) is 11.5. The zero-order valence-electron chi connectivity index (χ0n) is 21.8. The largest absolute Gasteiger partial charge is 0.487 e. The number of carbonyl (C=O) groups excluding carboxylic acids is 1. The number of nitrogens with zero attached hydrogens (tertiary/aromatic N) is 3. The maximum Gasteiger partial charge on any atom is 0.409 e. The van der Waals surface area contributed by atoms with Crippen LogP contribution >= 0.6 is 0 Å². The minimum atomic E-state index is -0.203. The number of amides is 1. The first kappa shape index (κ1) is 24.5. The lowest BCUT2D eigenvalue weighted by Gasteiger charge is -2.38. The van der Waals surface area contributed by atoms with Crippen LogP contribution in [0.2, 0.25) is 0 Å². The number of imidazole rings is 1. The lowest BCUT2D eigenvalue weighted by Crippen LogP contribution is -2.49. The van der Waals surface area contributed by atoms with Gasteiger partial charge in [-0.15, -0.1) is 0 Å². The van der Waals surface area contributed by atoms with Crippen LogP contribution in [0.15, 0.2) is 54.8 Å². The van der Waals surface area contributed by atoms with Gasteiger partial charge in [-0.2, -0.15) is 0 Å². The predicted octanol–water partition coefficient (Wildman–Crippen LogP) is 5.19. The molecule has 0 unspecified atom stereocenters. The molecule has 1 N–H and O–H groups in total. The minimum Gasteiger partial charge on any atom is -0.487 e. The Hall–Kier alpha value is -3.22. The van der Waals surface area contributed by atoms with E-state index >= 15 is 0 Å². The molecule has 1 amide bonds. The van der Waals surface area contributed by atoms with Gasteiger partial charge in [0.2, 0.25) is 0 Å². The maximum atomic E-state index is 12.5. The third-order valence-electron chi connectivity index (χ3n) is 7.26. The van der Waals surface area contributed by atoms with Crippen molar-refractivity contribution in [2.75, 3.05) is 26.2 Å². The van der Waals surface area contributed by atoms with Crippen molar-refractivity contribution in [3.63, 3.8) is 0 Å². The molecule has 1 spiro atoms. The van der Waals surface area contributed by atoms with E-state index in [1.165, 1.54) is 22.4 Å². The molecule has 7 heteroatoms. The van der Waals surface area contributed by atoms with Crippen molar-refractivity contribution >= 4 is 11.7 Å². The normalized spacial score (nSPS) is 18.8. The summed E-state index contributed by atoms with van der Waals surface area (Å²) in [7, 11) is 0. The molecule has 1 fully saturated rings. The zero-order chi connectivity index (χ0) is 25.2. The van der Waals surface area contributed by atoms with E-state index in [0.29, 0.717) is 19.7 Å². The van der Waals surface area contributed by atoms with Crippen LogP contribution in [0.1, 0.15) is 57.6 Å². The molecule has 0 atom stereocenters. The first-order chi connectivity index (χ1) is 17.3. The fourth-order valence-electron chi connectivity index (χ4n) is 5.17. The summed E-state index contributed by atoms with van der Waals surface area (Å²) in [6, 6.07) is 6.63. The number of fused-ring (bicyclic) bond motifs is 1. The SMILES string of the molecule is CC(C)(C)COC(=O)N1CCC2(CC1)Cc1cc(C3=CC=C(NCCn4ccnc4)CC3)ccc1O2. The number of piperidine rings is 1. The fourth-order valence-corrected chi connectivity index (χ4v) is 5.17. The first-order valence-corrected chi connectivity index (χ1v) is 13.1. The second kappa shape index (κ2) is 10.0. The van der Waals surface area contributed by atoms with Gasteiger partial charge >= 0.3 is 6.09 Å². The molecule has 0 radical (unpaired) electrons. The van der Waals surface area contributed by atoms with Crippen molar-refractivity contribution in [2.24, 2.45) is 5.41 Å². The van der Waals surface area contributed by atoms with Gasteiger partial charge < -0.3 is 24.3 Å². The van der Waals surface area contributed by atoms with Gasteiger partial charge in [-0.05, 0) is 53.2 Å². The summed E-state index contributed by atoms with van der Waals surface area (Å²) < 4.78 is 14.1. The average molecular weight is 491 g/mol. The van der Waals surface area contributed by atoms with Gasteiger partial charge in [0.1, 0.15) is 11.4 Å². The Morgan fingerprint density at radius 3 is 2.72 bits per heavy atom. The number of hydrogen-bond acceptors (Lipinski definition) is 5. The van der Waals surface area contributed by atoms with E-state index in [4.69, 9.17) is 9.47 Å². The number of ether oxygens (including phenoxy) is 2. The van der Waals surface area contributed by atoms with Crippen LogP contribution in [-0.2, 0) is 17.7 Å². The van der Waals surface area contributed by atoms with E-state index in [-0.39, 0.29) is 17.1 Å². The Morgan fingerprint density at radius 2 is 2.03 bits per heavy atom. The lowest BCUT2D eigenvalue weighted by molar-refractivity contribution is 0.00956. The molecular weight excluding hydrogens is 452 g/mol. The highest BCUT2D eigenvalue weighted by molar-refractivity contribution is 5.70. The number of aromatic nitrogens is 2. The fraction of sp³-hybridized carbons (Fsp3) is 0.517. The van der Waals surface area contributed by atoms with Crippen LogP contribution in [0.3, 0.4) is 0 Å². The maximum absolute atomic E-state index is 12.5. The molecule has 1 saturated heterocycles.